The van der Waals surface area contributed by atoms with Gasteiger partial charge in [-0.25, -0.2) is 4.79 Å². The molecule has 7 heteroatoms. The first kappa shape index (κ1) is 29.9. The van der Waals surface area contributed by atoms with Gasteiger partial charge in [0.15, 0.2) is 0 Å². The van der Waals surface area contributed by atoms with Gasteiger partial charge in [0.05, 0.1) is 0 Å². The van der Waals surface area contributed by atoms with Gasteiger partial charge in [0.25, 0.3) is 5.91 Å². The summed E-state index contributed by atoms with van der Waals surface area (Å²) in [4.78, 5) is 42.9. The molecule has 39 heavy (non-hydrogen) atoms. The number of aryl methyl sites for hydroxylation is 2. The van der Waals surface area contributed by atoms with Crippen LogP contribution in [-0.4, -0.2) is 40.5 Å². The predicted octanol–water partition coefficient (Wildman–Crippen LogP) is 6.56. The van der Waals surface area contributed by atoms with Gasteiger partial charge in [0.2, 0.25) is 5.91 Å². The van der Waals surface area contributed by atoms with Crippen LogP contribution in [0.25, 0.3) is 6.08 Å². The molecule has 2 aromatic carbocycles. The molecule has 210 valence electrons. The standard InChI is InChI=1S/C32H43N3O4/c1-9-20(3)27(34-31(38)39-32(6,7)8)30(37)35(25-17-18-25)28(24-16-12-15-23(10-2)19-24)29(36)33-26-21(4)13-11-14-22(26)5/h10-16,19-20,25,27-28H,2,9,17-18H2,1,3-8H3,(H,33,36)(H,34,38). The van der Waals surface area contributed by atoms with E-state index in [0.717, 1.165) is 35.2 Å². The fourth-order valence-electron chi connectivity index (χ4n) is 4.65. The molecule has 2 aromatic rings. The second-order valence-corrected chi connectivity index (χ2v) is 11.5. The molecular formula is C32H43N3O4. The van der Waals surface area contributed by atoms with Gasteiger partial charge in [0, 0.05) is 11.7 Å². The summed E-state index contributed by atoms with van der Waals surface area (Å²) >= 11 is 0. The van der Waals surface area contributed by atoms with Crippen molar-refractivity contribution in [1.29, 1.82) is 0 Å². The number of anilines is 1. The molecule has 3 unspecified atom stereocenters. The lowest BCUT2D eigenvalue weighted by Crippen LogP contribution is -2.55. The third kappa shape index (κ3) is 7.71. The van der Waals surface area contributed by atoms with Crippen molar-refractivity contribution in [3.8, 4) is 0 Å². The summed E-state index contributed by atoms with van der Waals surface area (Å²) in [5.74, 6) is -0.759. The SMILES string of the molecule is C=Cc1cccc(C(C(=O)Nc2c(C)cccc2C)N(C(=O)C(NC(=O)OC(C)(C)C)C(C)CC)C2CC2)c1. The molecule has 0 aromatic heterocycles. The van der Waals surface area contributed by atoms with Crippen molar-refractivity contribution in [2.75, 3.05) is 5.32 Å². The van der Waals surface area contributed by atoms with Crippen LogP contribution in [0.4, 0.5) is 10.5 Å². The third-order valence-electron chi connectivity index (χ3n) is 7.06. The van der Waals surface area contributed by atoms with Crippen molar-refractivity contribution in [1.82, 2.24) is 10.2 Å². The number of rotatable bonds is 10. The Kier molecular flexibility index (Phi) is 9.59. The molecule has 3 atom stereocenters. The van der Waals surface area contributed by atoms with Gasteiger partial charge >= 0.3 is 6.09 Å². The highest BCUT2D eigenvalue weighted by atomic mass is 16.6. The Labute approximate surface area is 233 Å². The molecule has 0 radical (unpaired) electrons. The lowest BCUT2D eigenvalue weighted by atomic mass is 9.95. The summed E-state index contributed by atoms with van der Waals surface area (Å²) in [5, 5.41) is 5.94. The Morgan fingerprint density at radius 2 is 1.72 bits per heavy atom. The van der Waals surface area contributed by atoms with Crippen LogP contribution in [0.5, 0.6) is 0 Å². The fraction of sp³-hybridized carbons (Fsp3) is 0.469. The highest BCUT2D eigenvalue weighted by Crippen LogP contribution is 2.37. The minimum absolute atomic E-state index is 0.106. The summed E-state index contributed by atoms with van der Waals surface area (Å²) in [6.45, 7) is 17.0. The molecule has 1 fully saturated rings. The van der Waals surface area contributed by atoms with Crippen LogP contribution in [0, 0.1) is 19.8 Å². The zero-order valence-electron chi connectivity index (χ0n) is 24.3. The van der Waals surface area contributed by atoms with Crippen LogP contribution in [-0.2, 0) is 14.3 Å². The molecule has 0 bridgehead atoms. The molecule has 7 nitrogen and oxygen atoms in total. The third-order valence-corrected chi connectivity index (χ3v) is 7.06. The van der Waals surface area contributed by atoms with Crippen molar-refractivity contribution in [3.63, 3.8) is 0 Å². The van der Waals surface area contributed by atoms with E-state index in [9.17, 15) is 14.4 Å². The Morgan fingerprint density at radius 1 is 1.10 bits per heavy atom. The van der Waals surface area contributed by atoms with E-state index in [0.29, 0.717) is 12.0 Å². The summed E-state index contributed by atoms with van der Waals surface area (Å²) in [7, 11) is 0. The molecule has 0 spiro atoms. The van der Waals surface area contributed by atoms with E-state index >= 15 is 0 Å². The number of carbonyl (C=O) groups excluding carboxylic acids is 3. The second kappa shape index (κ2) is 12.5. The Morgan fingerprint density at radius 3 is 2.26 bits per heavy atom. The van der Waals surface area contributed by atoms with E-state index in [1.54, 1.807) is 31.7 Å². The van der Waals surface area contributed by atoms with Gasteiger partial charge < -0.3 is 20.3 Å². The monoisotopic (exact) mass is 533 g/mol. The van der Waals surface area contributed by atoms with E-state index in [4.69, 9.17) is 4.74 Å². The Bertz CT molecular complexity index is 1190. The van der Waals surface area contributed by atoms with Gasteiger partial charge in [-0.15, -0.1) is 0 Å². The second-order valence-electron chi connectivity index (χ2n) is 11.5. The van der Waals surface area contributed by atoms with Crippen molar-refractivity contribution >= 4 is 29.7 Å². The number of carbonyl (C=O) groups is 3. The minimum Gasteiger partial charge on any atom is -0.444 e. The number of para-hydroxylation sites is 1. The Balaban J connectivity index is 2.06. The molecule has 1 aliphatic carbocycles. The van der Waals surface area contributed by atoms with E-state index in [-0.39, 0.29) is 23.8 Å². The number of nitrogens with zero attached hydrogens (tertiary/aromatic N) is 1. The largest absolute Gasteiger partial charge is 0.444 e. The Hall–Kier alpha value is -3.61. The predicted molar refractivity (Wildman–Crippen MR) is 156 cm³/mol. The fourth-order valence-corrected chi connectivity index (χ4v) is 4.65. The first-order valence-corrected chi connectivity index (χ1v) is 13.8. The molecular weight excluding hydrogens is 490 g/mol. The highest BCUT2D eigenvalue weighted by Gasteiger charge is 2.45. The summed E-state index contributed by atoms with van der Waals surface area (Å²) < 4.78 is 5.49. The molecule has 0 saturated heterocycles. The van der Waals surface area contributed by atoms with Crippen LogP contribution in [0.1, 0.15) is 82.2 Å². The first-order chi connectivity index (χ1) is 18.4. The van der Waals surface area contributed by atoms with Gasteiger partial charge in [0.1, 0.15) is 17.7 Å². The average Bonchev–Trinajstić information content (AvgIpc) is 3.71. The summed E-state index contributed by atoms with van der Waals surface area (Å²) in [6, 6.07) is 11.5. The highest BCUT2D eigenvalue weighted by molar-refractivity contribution is 6.00. The number of alkyl carbamates (subject to hydrolysis) is 1. The van der Waals surface area contributed by atoms with Gasteiger partial charge in [-0.1, -0.05) is 69.3 Å². The number of hydrogen-bond donors (Lipinski definition) is 2. The maximum Gasteiger partial charge on any atom is 0.408 e. The lowest BCUT2D eigenvalue weighted by molar-refractivity contribution is -0.142. The van der Waals surface area contributed by atoms with Crippen LogP contribution < -0.4 is 10.6 Å². The van der Waals surface area contributed by atoms with Crippen molar-refractivity contribution < 1.29 is 19.1 Å². The van der Waals surface area contributed by atoms with Crippen molar-refractivity contribution in [2.45, 2.75) is 91.5 Å². The zero-order chi connectivity index (χ0) is 28.9. The quantitative estimate of drug-likeness (QED) is 0.362. The van der Waals surface area contributed by atoms with Crippen LogP contribution in [0.15, 0.2) is 49.0 Å². The van der Waals surface area contributed by atoms with Crippen LogP contribution in [0.2, 0.25) is 0 Å². The normalized spacial score (nSPS) is 15.5. The zero-order valence-corrected chi connectivity index (χ0v) is 24.3. The number of ether oxygens (including phenoxy) is 1. The van der Waals surface area contributed by atoms with Crippen LogP contribution >= 0.6 is 0 Å². The molecule has 3 rings (SSSR count). The number of hydrogen-bond acceptors (Lipinski definition) is 4. The van der Waals surface area contributed by atoms with E-state index < -0.39 is 23.8 Å². The van der Waals surface area contributed by atoms with Gasteiger partial charge in [-0.05, 0) is 81.7 Å². The smallest absolute Gasteiger partial charge is 0.408 e. The minimum atomic E-state index is -0.893. The van der Waals surface area contributed by atoms with Crippen molar-refractivity contribution in [2.24, 2.45) is 5.92 Å². The van der Waals surface area contributed by atoms with E-state index in [1.807, 2.05) is 70.2 Å². The topological polar surface area (TPSA) is 87.7 Å². The molecule has 0 heterocycles. The molecule has 1 saturated carbocycles. The average molecular weight is 534 g/mol. The van der Waals surface area contributed by atoms with Crippen molar-refractivity contribution in [3.05, 3.63) is 71.3 Å². The first-order valence-electron chi connectivity index (χ1n) is 13.8. The number of amides is 3. The summed E-state index contributed by atoms with van der Waals surface area (Å²) in [5.41, 5.74) is 3.46. The maximum absolute atomic E-state index is 14.3. The van der Waals surface area contributed by atoms with Crippen LogP contribution in [0.3, 0.4) is 0 Å². The summed E-state index contributed by atoms with van der Waals surface area (Å²) in [6.07, 6.45) is 3.32. The molecule has 1 aliphatic rings. The molecule has 0 aliphatic heterocycles. The van der Waals surface area contributed by atoms with Gasteiger partial charge in [-0.2, -0.15) is 0 Å². The van der Waals surface area contributed by atoms with E-state index in [2.05, 4.69) is 17.2 Å². The lowest BCUT2D eigenvalue weighted by Gasteiger charge is -2.36. The van der Waals surface area contributed by atoms with E-state index in [1.165, 1.54) is 0 Å². The number of benzene rings is 2. The molecule has 2 N–H and O–H groups in total. The molecule has 3 amide bonds. The maximum atomic E-state index is 14.3. The number of nitrogens with one attached hydrogen (secondary N) is 2. The van der Waals surface area contributed by atoms with Gasteiger partial charge in [-0.3, -0.25) is 9.59 Å².